The van der Waals surface area contributed by atoms with Gasteiger partial charge in [0.1, 0.15) is 0 Å². The minimum atomic E-state index is -0.963. The van der Waals surface area contributed by atoms with Crippen LogP contribution in [0.1, 0.15) is 22.8 Å². The highest BCUT2D eigenvalue weighted by Crippen LogP contribution is 2.27. The number of amides is 1. The number of nitrogens with one attached hydrogen (secondary N) is 1. The van der Waals surface area contributed by atoms with Crippen LogP contribution in [0, 0.1) is 5.41 Å². The number of rotatable bonds is 5. The molecule has 0 radical (unpaired) electrons. The summed E-state index contributed by atoms with van der Waals surface area (Å²) in [5.74, 6) is -1.12. The van der Waals surface area contributed by atoms with Gasteiger partial charge in [-0.05, 0) is 25.0 Å². The van der Waals surface area contributed by atoms with E-state index in [4.69, 9.17) is 15.6 Å². The lowest BCUT2D eigenvalue weighted by Crippen LogP contribution is -2.50. The number of benzene rings is 1. The fraction of sp³-hybridized carbons (Fsp3) is 0.467. The zero-order valence-corrected chi connectivity index (χ0v) is 12.0. The summed E-state index contributed by atoms with van der Waals surface area (Å²) in [6, 6.07) is 6.46. The molecule has 0 spiro atoms. The zero-order valence-electron chi connectivity index (χ0n) is 12.0. The quantitative estimate of drug-likeness (QED) is 0.729. The number of carbonyl (C=O) groups is 2. The maximum Gasteiger partial charge on any atom is 0.335 e. The fourth-order valence-electron chi connectivity index (χ4n) is 2.38. The maximum absolute atomic E-state index is 12.2. The van der Waals surface area contributed by atoms with Gasteiger partial charge in [-0.3, -0.25) is 4.79 Å². The summed E-state index contributed by atoms with van der Waals surface area (Å²) in [7, 11) is 0. The molecule has 114 valence electrons. The van der Waals surface area contributed by atoms with Gasteiger partial charge < -0.3 is 20.9 Å². The third kappa shape index (κ3) is 3.22. The number of aromatic carboxylic acids is 1. The number of ether oxygens (including phenoxy) is 1. The molecule has 0 aromatic heterocycles. The molecular weight excluding hydrogens is 272 g/mol. The molecule has 0 bridgehead atoms. The molecule has 1 heterocycles. The average Bonchev–Trinajstić information content (AvgIpc) is 2.80. The second-order valence-electron chi connectivity index (χ2n) is 5.51. The van der Waals surface area contributed by atoms with Crippen LogP contribution in [-0.2, 0) is 16.0 Å². The van der Waals surface area contributed by atoms with Gasteiger partial charge in [-0.2, -0.15) is 0 Å². The summed E-state index contributed by atoms with van der Waals surface area (Å²) < 4.78 is 5.25. The second-order valence-corrected chi connectivity index (χ2v) is 5.51. The molecule has 1 aromatic carbocycles. The van der Waals surface area contributed by atoms with Crippen molar-refractivity contribution in [1.29, 1.82) is 0 Å². The molecule has 1 saturated heterocycles. The number of carbonyl (C=O) groups excluding carboxylic acids is 1. The predicted octanol–water partition coefficient (Wildman–Crippen LogP) is 0.407. The zero-order chi connectivity index (χ0) is 15.5. The van der Waals surface area contributed by atoms with Crippen LogP contribution in [0.3, 0.4) is 0 Å². The lowest BCUT2D eigenvalue weighted by molar-refractivity contribution is -0.130. The third-order valence-corrected chi connectivity index (χ3v) is 3.96. The Hall–Kier alpha value is -1.92. The molecule has 1 amide bonds. The molecule has 4 N–H and O–H groups in total. The molecule has 6 nitrogen and oxygen atoms in total. The van der Waals surface area contributed by atoms with E-state index in [1.54, 1.807) is 31.2 Å². The summed E-state index contributed by atoms with van der Waals surface area (Å²) in [6.07, 6.45) is 0.459. The van der Waals surface area contributed by atoms with Crippen LogP contribution >= 0.6 is 0 Å². The Balaban J connectivity index is 1.93. The summed E-state index contributed by atoms with van der Waals surface area (Å²) in [5.41, 5.74) is 6.14. The highest BCUT2D eigenvalue weighted by molar-refractivity contribution is 5.89. The Kier molecular flexibility index (Phi) is 4.59. The van der Waals surface area contributed by atoms with E-state index in [0.717, 1.165) is 0 Å². The van der Waals surface area contributed by atoms with E-state index in [-0.39, 0.29) is 17.5 Å². The van der Waals surface area contributed by atoms with Crippen molar-refractivity contribution in [1.82, 2.24) is 5.32 Å². The normalized spacial score (nSPS) is 24.8. The Morgan fingerprint density at radius 3 is 2.81 bits per heavy atom. The number of nitrogens with two attached hydrogens (primary N) is 1. The summed E-state index contributed by atoms with van der Waals surface area (Å²) in [6.45, 7) is 2.84. The number of hydrogen-bond donors (Lipinski definition) is 3. The smallest absolute Gasteiger partial charge is 0.335 e. The first-order valence-electron chi connectivity index (χ1n) is 6.88. The second kappa shape index (κ2) is 6.24. The van der Waals surface area contributed by atoms with Gasteiger partial charge in [0.15, 0.2) is 0 Å². The first-order chi connectivity index (χ1) is 9.95. The monoisotopic (exact) mass is 292 g/mol. The van der Waals surface area contributed by atoms with Crippen molar-refractivity contribution in [2.75, 3.05) is 19.8 Å². The number of hydrogen-bond acceptors (Lipinski definition) is 4. The maximum atomic E-state index is 12.2. The van der Waals surface area contributed by atoms with Crippen LogP contribution < -0.4 is 11.1 Å². The van der Waals surface area contributed by atoms with Gasteiger partial charge in [-0.1, -0.05) is 18.2 Å². The van der Waals surface area contributed by atoms with E-state index in [9.17, 15) is 9.59 Å². The van der Waals surface area contributed by atoms with Crippen LogP contribution in [0.2, 0.25) is 0 Å². The van der Waals surface area contributed by atoms with E-state index >= 15 is 0 Å². The van der Waals surface area contributed by atoms with Crippen molar-refractivity contribution in [2.45, 2.75) is 19.4 Å². The highest BCUT2D eigenvalue weighted by atomic mass is 16.5. The van der Waals surface area contributed by atoms with Crippen molar-refractivity contribution in [3.05, 3.63) is 35.4 Å². The Labute approximate surface area is 123 Å². The molecule has 2 atom stereocenters. The Bertz CT molecular complexity index is 546. The highest BCUT2D eigenvalue weighted by Gasteiger charge is 2.44. The van der Waals surface area contributed by atoms with Crippen LogP contribution in [0.4, 0.5) is 0 Å². The van der Waals surface area contributed by atoms with Crippen LogP contribution in [-0.4, -0.2) is 42.8 Å². The van der Waals surface area contributed by atoms with E-state index in [1.165, 1.54) is 0 Å². The van der Waals surface area contributed by atoms with Crippen LogP contribution in [0.25, 0.3) is 0 Å². The Morgan fingerprint density at radius 1 is 1.48 bits per heavy atom. The Morgan fingerprint density at radius 2 is 2.19 bits per heavy atom. The lowest BCUT2D eigenvalue weighted by Gasteiger charge is -2.25. The van der Waals surface area contributed by atoms with Gasteiger partial charge in [0, 0.05) is 12.6 Å². The van der Waals surface area contributed by atoms with Crippen molar-refractivity contribution in [3.8, 4) is 0 Å². The van der Waals surface area contributed by atoms with E-state index < -0.39 is 11.4 Å². The van der Waals surface area contributed by atoms with Crippen LogP contribution in [0.5, 0.6) is 0 Å². The van der Waals surface area contributed by atoms with E-state index in [1.807, 2.05) is 0 Å². The van der Waals surface area contributed by atoms with E-state index in [2.05, 4.69) is 5.32 Å². The molecule has 1 aliphatic heterocycles. The summed E-state index contributed by atoms with van der Waals surface area (Å²) in [5, 5.41) is 11.9. The van der Waals surface area contributed by atoms with E-state index in [0.29, 0.717) is 31.7 Å². The van der Waals surface area contributed by atoms with Crippen molar-refractivity contribution in [2.24, 2.45) is 11.1 Å². The topological polar surface area (TPSA) is 102 Å². The molecule has 1 aromatic rings. The van der Waals surface area contributed by atoms with Gasteiger partial charge in [-0.15, -0.1) is 0 Å². The third-order valence-electron chi connectivity index (χ3n) is 3.96. The molecule has 6 heteroatoms. The molecule has 2 rings (SSSR count). The molecule has 0 aliphatic carbocycles. The van der Waals surface area contributed by atoms with Crippen molar-refractivity contribution < 1.29 is 19.4 Å². The summed E-state index contributed by atoms with van der Waals surface area (Å²) >= 11 is 0. The molecular formula is C15H20N2O4. The molecule has 2 unspecified atom stereocenters. The number of carboxylic acids is 1. The fourth-order valence-corrected chi connectivity index (χ4v) is 2.38. The average molecular weight is 292 g/mol. The van der Waals surface area contributed by atoms with Crippen molar-refractivity contribution in [3.63, 3.8) is 0 Å². The lowest BCUT2D eigenvalue weighted by atomic mass is 9.85. The minimum absolute atomic E-state index is 0.152. The van der Waals surface area contributed by atoms with Gasteiger partial charge in [0.25, 0.3) is 0 Å². The standard InChI is InChI=1S/C15H20N2O4/c1-15(9-21-8-12(15)16)14(20)17-7-6-10-4-2-3-5-11(10)13(18)19/h2-5,12H,6-9,16H2,1H3,(H,17,20)(H,18,19). The first-order valence-corrected chi connectivity index (χ1v) is 6.88. The van der Waals surface area contributed by atoms with Gasteiger partial charge in [0.05, 0.1) is 24.2 Å². The molecule has 1 fully saturated rings. The largest absolute Gasteiger partial charge is 0.478 e. The predicted molar refractivity (Wildman–Crippen MR) is 77.0 cm³/mol. The first kappa shape index (κ1) is 15.5. The SMILES string of the molecule is CC1(C(=O)NCCc2ccccc2C(=O)O)COCC1N. The van der Waals surface area contributed by atoms with Gasteiger partial charge >= 0.3 is 5.97 Å². The van der Waals surface area contributed by atoms with Crippen LogP contribution in [0.15, 0.2) is 24.3 Å². The molecule has 0 saturated carbocycles. The number of carboxylic acid groups (broad SMARTS) is 1. The summed E-state index contributed by atoms with van der Waals surface area (Å²) in [4.78, 5) is 23.3. The molecule has 21 heavy (non-hydrogen) atoms. The van der Waals surface area contributed by atoms with Gasteiger partial charge in [-0.25, -0.2) is 4.79 Å². The molecule has 1 aliphatic rings. The minimum Gasteiger partial charge on any atom is -0.478 e. The van der Waals surface area contributed by atoms with Gasteiger partial charge in [0.2, 0.25) is 5.91 Å². The van der Waals surface area contributed by atoms with Crippen molar-refractivity contribution >= 4 is 11.9 Å².